The van der Waals surface area contributed by atoms with Crippen molar-refractivity contribution in [1.29, 1.82) is 0 Å². The van der Waals surface area contributed by atoms with Crippen LogP contribution in [0.5, 0.6) is 0 Å². The molecule has 1 rings (SSSR count). The zero-order chi connectivity index (χ0) is 12.8. The van der Waals surface area contributed by atoms with E-state index in [1.165, 1.54) is 12.1 Å². The summed E-state index contributed by atoms with van der Waals surface area (Å²) < 4.78 is 0. The number of nitrogens with zero attached hydrogens (tertiary/aromatic N) is 1. The van der Waals surface area contributed by atoms with Crippen molar-refractivity contribution in [2.75, 3.05) is 11.9 Å². The average molecular weight is 257 g/mol. The van der Waals surface area contributed by atoms with E-state index in [4.69, 9.17) is 11.6 Å². The fraction of sp³-hybridized carbons (Fsp3) is 0.500. The van der Waals surface area contributed by atoms with Crippen LogP contribution in [0.3, 0.4) is 0 Å². The summed E-state index contributed by atoms with van der Waals surface area (Å²) >= 11 is 5.98. The van der Waals surface area contributed by atoms with Gasteiger partial charge in [-0.2, -0.15) is 0 Å². The maximum Gasteiger partial charge on any atom is 0.271 e. The van der Waals surface area contributed by atoms with E-state index in [2.05, 4.69) is 19.2 Å². The van der Waals surface area contributed by atoms with Gasteiger partial charge in [0, 0.05) is 18.7 Å². The van der Waals surface area contributed by atoms with E-state index in [1.54, 1.807) is 6.07 Å². The van der Waals surface area contributed by atoms with Crippen LogP contribution < -0.4 is 5.32 Å². The maximum absolute atomic E-state index is 10.5. The highest BCUT2D eigenvalue weighted by atomic mass is 35.5. The van der Waals surface area contributed by atoms with Crippen molar-refractivity contribution < 1.29 is 4.92 Å². The van der Waals surface area contributed by atoms with Crippen molar-refractivity contribution in [1.82, 2.24) is 0 Å². The molecule has 0 aliphatic carbocycles. The first-order valence-electron chi connectivity index (χ1n) is 5.76. The zero-order valence-corrected chi connectivity index (χ0v) is 10.8. The van der Waals surface area contributed by atoms with E-state index in [1.807, 2.05) is 0 Å². The number of halogens is 1. The highest BCUT2D eigenvalue weighted by Crippen LogP contribution is 2.27. The van der Waals surface area contributed by atoms with Gasteiger partial charge in [-0.3, -0.25) is 10.1 Å². The minimum Gasteiger partial charge on any atom is -0.384 e. The molecule has 0 saturated carbocycles. The highest BCUT2D eigenvalue weighted by Gasteiger charge is 2.10. The van der Waals surface area contributed by atoms with Crippen LogP contribution in [-0.4, -0.2) is 11.5 Å². The monoisotopic (exact) mass is 256 g/mol. The third kappa shape index (κ3) is 3.89. The molecule has 0 aliphatic heterocycles. The zero-order valence-electron chi connectivity index (χ0n) is 10.1. The second-order valence-electron chi connectivity index (χ2n) is 3.98. The number of rotatable bonds is 6. The van der Waals surface area contributed by atoms with Gasteiger partial charge in [0.15, 0.2) is 0 Å². The number of nitrogens with one attached hydrogen (secondary N) is 1. The minimum absolute atomic E-state index is 0.0167. The Morgan fingerprint density at radius 3 is 2.53 bits per heavy atom. The first-order valence-corrected chi connectivity index (χ1v) is 6.14. The topological polar surface area (TPSA) is 55.2 Å². The van der Waals surface area contributed by atoms with Gasteiger partial charge >= 0.3 is 0 Å². The Morgan fingerprint density at radius 2 is 2.06 bits per heavy atom. The Kier molecular flexibility index (Phi) is 5.22. The van der Waals surface area contributed by atoms with Gasteiger partial charge in [-0.15, -0.1) is 0 Å². The third-order valence-corrected chi connectivity index (χ3v) is 3.21. The summed E-state index contributed by atoms with van der Waals surface area (Å²) in [5, 5.41) is 14.2. The van der Waals surface area contributed by atoms with E-state index in [9.17, 15) is 10.1 Å². The number of hydrogen-bond donors (Lipinski definition) is 1. The molecule has 94 valence electrons. The normalized spacial score (nSPS) is 10.6. The predicted octanol–water partition coefficient (Wildman–Crippen LogP) is 4.10. The Bertz CT molecular complexity index is 392. The number of nitro groups is 1. The predicted molar refractivity (Wildman–Crippen MR) is 70.7 cm³/mol. The molecular weight excluding hydrogens is 240 g/mol. The van der Waals surface area contributed by atoms with Crippen LogP contribution in [-0.2, 0) is 0 Å². The fourth-order valence-corrected chi connectivity index (χ4v) is 1.83. The molecule has 4 nitrogen and oxygen atoms in total. The van der Waals surface area contributed by atoms with Crippen molar-refractivity contribution in [3.05, 3.63) is 33.3 Å². The molecule has 1 aromatic carbocycles. The molecule has 1 N–H and O–H groups in total. The molecule has 1 aromatic rings. The molecule has 0 unspecified atom stereocenters. The summed E-state index contributed by atoms with van der Waals surface area (Å²) in [6, 6.07) is 4.49. The summed E-state index contributed by atoms with van der Waals surface area (Å²) in [7, 11) is 0. The molecule has 0 heterocycles. The molecule has 0 amide bonds. The van der Waals surface area contributed by atoms with Crippen LogP contribution in [0.1, 0.15) is 26.7 Å². The second-order valence-corrected chi connectivity index (χ2v) is 4.39. The van der Waals surface area contributed by atoms with E-state index in [0.29, 0.717) is 10.9 Å². The van der Waals surface area contributed by atoms with Gasteiger partial charge < -0.3 is 5.32 Å². The van der Waals surface area contributed by atoms with Crippen LogP contribution in [0.15, 0.2) is 18.2 Å². The van der Waals surface area contributed by atoms with Gasteiger partial charge in [-0.05, 0) is 12.0 Å². The summed E-state index contributed by atoms with van der Waals surface area (Å²) in [6.45, 7) is 5.13. The Balaban J connectivity index is 2.69. The minimum atomic E-state index is -0.448. The van der Waals surface area contributed by atoms with Gasteiger partial charge in [0.25, 0.3) is 5.69 Å². The van der Waals surface area contributed by atoms with Crippen molar-refractivity contribution in [3.63, 3.8) is 0 Å². The fourth-order valence-electron chi connectivity index (χ4n) is 1.59. The van der Waals surface area contributed by atoms with Crippen molar-refractivity contribution in [2.24, 2.45) is 5.92 Å². The lowest BCUT2D eigenvalue weighted by molar-refractivity contribution is -0.384. The Hall–Kier alpha value is -1.29. The number of hydrogen-bond acceptors (Lipinski definition) is 3. The quantitative estimate of drug-likeness (QED) is 0.616. The first kappa shape index (κ1) is 13.8. The number of non-ortho nitro benzene ring substituents is 1. The number of nitro benzene ring substituents is 1. The standard InChI is InChI=1S/C12H17ClN2O2/c1-3-9(4-2)8-14-12-6-5-10(15(16)17)7-11(12)13/h5-7,9,14H,3-4,8H2,1-2H3. The Morgan fingerprint density at radius 1 is 1.41 bits per heavy atom. The molecule has 0 saturated heterocycles. The van der Waals surface area contributed by atoms with Crippen molar-refractivity contribution >= 4 is 23.0 Å². The van der Waals surface area contributed by atoms with Crippen LogP contribution in [0, 0.1) is 16.0 Å². The van der Waals surface area contributed by atoms with Gasteiger partial charge in [0.05, 0.1) is 15.6 Å². The number of benzene rings is 1. The van der Waals surface area contributed by atoms with Gasteiger partial charge in [0.2, 0.25) is 0 Å². The summed E-state index contributed by atoms with van der Waals surface area (Å²) in [5.74, 6) is 0.598. The van der Waals surface area contributed by atoms with E-state index < -0.39 is 4.92 Å². The largest absolute Gasteiger partial charge is 0.384 e. The smallest absolute Gasteiger partial charge is 0.271 e. The first-order chi connectivity index (χ1) is 8.08. The molecule has 0 aliphatic rings. The summed E-state index contributed by atoms with van der Waals surface area (Å²) in [6.07, 6.45) is 2.21. The summed E-state index contributed by atoms with van der Waals surface area (Å²) in [5.41, 5.74) is 0.771. The lowest BCUT2D eigenvalue weighted by Gasteiger charge is -2.14. The molecule has 0 atom stereocenters. The maximum atomic E-state index is 10.5. The average Bonchev–Trinajstić information content (AvgIpc) is 2.31. The van der Waals surface area contributed by atoms with Gasteiger partial charge in [0.1, 0.15) is 0 Å². The molecule has 0 aromatic heterocycles. The molecular formula is C12H17ClN2O2. The third-order valence-electron chi connectivity index (χ3n) is 2.90. The van der Waals surface area contributed by atoms with Gasteiger partial charge in [-0.25, -0.2) is 0 Å². The Labute approximate surface area is 106 Å². The van der Waals surface area contributed by atoms with Crippen LogP contribution >= 0.6 is 11.6 Å². The lowest BCUT2D eigenvalue weighted by atomic mass is 10.0. The van der Waals surface area contributed by atoms with Gasteiger partial charge in [-0.1, -0.05) is 38.3 Å². The van der Waals surface area contributed by atoms with Crippen molar-refractivity contribution in [2.45, 2.75) is 26.7 Å². The highest BCUT2D eigenvalue weighted by molar-refractivity contribution is 6.33. The lowest BCUT2D eigenvalue weighted by Crippen LogP contribution is -2.12. The molecule has 0 bridgehead atoms. The SMILES string of the molecule is CCC(CC)CNc1ccc([N+](=O)[O-])cc1Cl. The molecule has 0 spiro atoms. The molecule has 0 radical (unpaired) electrons. The van der Waals surface area contributed by atoms with Crippen LogP contribution in [0.25, 0.3) is 0 Å². The second kappa shape index (κ2) is 6.45. The van der Waals surface area contributed by atoms with Crippen molar-refractivity contribution in [3.8, 4) is 0 Å². The summed E-state index contributed by atoms with van der Waals surface area (Å²) in [4.78, 5) is 10.1. The van der Waals surface area contributed by atoms with E-state index in [-0.39, 0.29) is 5.69 Å². The number of anilines is 1. The van der Waals surface area contributed by atoms with Crippen LogP contribution in [0.2, 0.25) is 5.02 Å². The van der Waals surface area contributed by atoms with Crippen LogP contribution in [0.4, 0.5) is 11.4 Å². The molecule has 5 heteroatoms. The van der Waals surface area contributed by atoms with E-state index >= 15 is 0 Å². The van der Waals surface area contributed by atoms with E-state index in [0.717, 1.165) is 25.1 Å². The molecule has 17 heavy (non-hydrogen) atoms. The molecule has 0 fully saturated rings.